The first-order valence-corrected chi connectivity index (χ1v) is 11.2. The molecule has 2 aromatic rings. The maximum absolute atomic E-state index is 12.7. The number of nitrogens with one attached hydrogen (secondary N) is 1. The van der Waals surface area contributed by atoms with Crippen LogP contribution < -0.4 is 14.8 Å². The Bertz CT molecular complexity index is 950. The number of aromatic nitrogens is 1. The Morgan fingerprint density at radius 2 is 2.00 bits per heavy atom. The summed E-state index contributed by atoms with van der Waals surface area (Å²) >= 11 is 0. The molecule has 1 saturated heterocycles. The second-order valence-corrected chi connectivity index (χ2v) is 8.94. The molecule has 8 nitrogen and oxygen atoms in total. The minimum atomic E-state index is -3.30. The predicted molar refractivity (Wildman–Crippen MR) is 109 cm³/mol. The molecule has 1 aromatic heterocycles. The lowest BCUT2D eigenvalue weighted by molar-refractivity contribution is -0.120. The van der Waals surface area contributed by atoms with Crippen LogP contribution in [0.25, 0.3) is 0 Å². The molecule has 1 fully saturated rings. The van der Waals surface area contributed by atoms with Crippen molar-refractivity contribution in [3.63, 3.8) is 0 Å². The van der Waals surface area contributed by atoms with E-state index in [1.165, 1.54) is 10.6 Å². The number of anilines is 1. The fourth-order valence-corrected chi connectivity index (χ4v) is 4.12. The van der Waals surface area contributed by atoms with Crippen LogP contribution in [0, 0.1) is 5.92 Å². The van der Waals surface area contributed by atoms with E-state index in [1.54, 1.807) is 37.7 Å². The topological polar surface area (TPSA) is 97.8 Å². The summed E-state index contributed by atoms with van der Waals surface area (Å²) in [5.74, 6) is 0.465. The summed E-state index contributed by atoms with van der Waals surface area (Å²) in [7, 11) is -1.75. The van der Waals surface area contributed by atoms with Gasteiger partial charge in [-0.15, -0.1) is 0 Å². The molecular weight excluding hydrogens is 394 g/mol. The second kappa shape index (κ2) is 9.23. The van der Waals surface area contributed by atoms with Gasteiger partial charge in [-0.3, -0.25) is 9.78 Å². The number of pyridine rings is 1. The molecule has 2 heterocycles. The predicted octanol–water partition coefficient (Wildman–Crippen LogP) is 2.28. The van der Waals surface area contributed by atoms with E-state index in [9.17, 15) is 13.2 Å². The minimum Gasteiger partial charge on any atom is -0.493 e. The summed E-state index contributed by atoms with van der Waals surface area (Å²) < 4.78 is 36.1. The van der Waals surface area contributed by atoms with Crippen LogP contribution in [0.1, 0.15) is 18.4 Å². The van der Waals surface area contributed by atoms with E-state index in [2.05, 4.69) is 10.3 Å². The highest BCUT2D eigenvalue weighted by molar-refractivity contribution is 7.88. The number of carbonyl (C=O) groups is 1. The van der Waals surface area contributed by atoms with Gasteiger partial charge in [0.15, 0.2) is 11.5 Å². The van der Waals surface area contributed by atoms with Crippen LogP contribution in [0.15, 0.2) is 42.7 Å². The third-order valence-corrected chi connectivity index (χ3v) is 6.07. The molecule has 0 aliphatic carbocycles. The van der Waals surface area contributed by atoms with Crippen LogP contribution in [0.5, 0.6) is 11.5 Å². The molecule has 1 atom stereocenters. The molecule has 1 unspecified atom stereocenters. The van der Waals surface area contributed by atoms with E-state index in [0.29, 0.717) is 43.2 Å². The van der Waals surface area contributed by atoms with Crippen molar-refractivity contribution in [1.82, 2.24) is 9.29 Å². The summed E-state index contributed by atoms with van der Waals surface area (Å²) in [6.07, 6.45) is 5.86. The van der Waals surface area contributed by atoms with Gasteiger partial charge in [0.1, 0.15) is 6.61 Å². The number of benzene rings is 1. The van der Waals surface area contributed by atoms with Crippen LogP contribution in [0.4, 0.5) is 5.69 Å². The zero-order valence-electron chi connectivity index (χ0n) is 16.5. The Morgan fingerprint density at radius 3 is 2.69 bits per heavy atom. The van der Waals surface area contributed by atoms with Gasteiger partial charge in [0.05, 0.1) is 19.3 Å². The zero-order valence-corrected chi connectivity index (χ0v) is 17.3. The van der Waals surface area contributed by atoms with Gasteiger partial charge in [-0.25, -0.2) is 12.7 Å². The molecule has 3 rings (SSSR count). The average molecular weight is 420 g/mol. The SMILES string of the molecule is COc1ccc(NC(=O)C2CCCN(S(C)(=O)=O)C2)cc1OCc1ccncc1. The first-order valence-electron chi connectivity index (χ1n) is 9.32. The monoisotopic (exact) mass is 419 g/mol. The summed E-state index contributed by atoms with van der Waals surface area (Å²) in [6, 6.07) is 8.87. The van der Waals surface area contributed by atoms with Crippen molar-refractivity contribution in [2.24, 2.45) is 5.92 Å². The van der Waals surface area contributed by atoms with Crippen molar-refractivity contribution in [2.45, 2.75) is 19.4 Å². The molecule has 156 valence electrons. The summed E-state index contributed by atoms with van der Waals surface area (Å²) in [5.41, 5.74) is 1.52. The number of carbonyl (C=O) groups excluding carboxylic acids is 1. The van der Waals surface area contributed by atoms with E-state index in [4.69, 9.17) is 9.47 Å². The van der Waals surface area contributed by atoms with Crippen LogP contribution in [0.2, 0.25) is 0 Å². The van der Waals surface area contributed by atoms with Crippen molar-refractivity contribution < 1.29 is 22.7 Å². The first-order chi connectivity index (χ1) is 13.9. The lowest BCUT2D eigenvalue weighted by Gasteiger charge is -2.30. The van der Waals surface area contributed by atoms with Gasteiger partial charge in [-0.05, 0) is 42.7 Å². The number of sulfonamides is 1. The standard InChI is InChI=1S/C20H25N3O5S/c1-27-18-6-5-17(12-19(18)28-14-15-7-9-21-10-8-15)22-20(24)16-4-3-11-23(13-16)29(2,25)26/h5-10,12,16H,3-4,11,13-14H2,1-2H3,(H,22,24). The third kappa shape index (κ3) is 5.68. The molecule has 0 spiro atoms. The molecule has 9 heteroatoms. The number of methoxy groups -OCH3 is 1. The number of amides is 1. The molecule has 0 bridgehead atoms. The van der Waals surface area contributed by atoms with Crippen molar-refractivity contribution in [3.8, 4) is 11.5 Å². The molecule has 1 amide bonds. The van der Waals surface area contributed by atoms with Crippen molar-refractivity contribution in [2.75, 3.05) is 31.8 Å². The number of piperidine rings is 1. The Hall–Kier alpha value is -2.65. The summed E-state index contributed by atoms with van der Waals surface area (Å²) in [5, 5.41) is 2.87. The van der Waals surface area contributed by atoms with E-state index in [0.717, 1.165) is 5.56 Å². The molecule has 1 aliphatic heterocycles. The van der Waals surface area contributed by atoms with Gasteiger partial charge in [0.25, 0.3) is 0 Å². The second-order valence-electron chi connectivity index (χ2n) is 6.96. The normalized spacial score (nSPS) is 17.5. The van der Waals surface area contributed by atoms with Crippen LogP contribution in [-0.2, 0) is 21.4 Å². The number of hydrogen-bond donors (Lipinski definition) is 1. The highest BCUT2D eigenvalue weighted by Crippen LogP contribution is 2.31. The Labute approximate surface area is 170 Å². The highest BCUT2D eigenvalue weighted by Gasteiger charge is 2.30. The molecule has 1 N–H and O–H groups in total. The average Bonchev–Trinajstić information content (AvgIpc) is 2.72. The largest absolute Gasteiger partial charge is 0.493 e. The van der Waals surface area contributed by atoms with Gasteiger partial charge in [-0.2, -0.15) is 0 Å². The van der Waals surface area contributed by atoms with Crippen molar-refractivity contribution >= 4 is 21.6 Å². The number of ether oxygens (including phenoxy) is 2. The Kier molecular flexibility index (Phi) is 6.71. The summed E-state index contributed by atoms with van der Waals surface area (Å²) in [4.78, 5) is 16.7. The van der Waals surface area contributed by atoms with Crippen LogP contribution in [-0.4, -0.2) is 50.1 Å². The maximum atomic E-state index is 12.7. The fraction of sp³-hybridized carbons (Fsp3) is 0.400. The smallest absolute Gasteiger partial charge is 0.228 e. The zero-order chi connectivity index (χ0) is 20.9. The number of hydrogen-bond acceptors (Lipinski definition) is 6. The van der Waals surface area contributed by atoms with Gasteiger partial charge in [-0.1, -0.05) is 0 Å². The molecule has 0 saturated carbocycles. The Balaban J connectivity index is 1.68. The van der Waals surface area contributed by atoms with Gasteiger partial charge in [0, 0.05) is 37.2 Å². The van der Waals surface area contributed by atoms with Gasteiger partial charge in [0.2, 0.25) is 15.9 Å². The summed E-state index contributed by atoms with van der Waals surface area (Å²) in [6.45, 7) is 0.993. The van der Waals surface area contributed by atoms with E-state index in [-0.39, 0.29) is 18.4 Å². The molecule has 1 aromatic carbocycles. The fourth-order valence-electron chi connectivity index (χ4n) is 3.21. The molecule has 0 radical (unpaired) electrons. The van der Waals surface area contributed by atoms with Crippen LogP contribution in [0.3, 0.4) is 0 Å². The molecule has 1 aliphatic rings. The van der Waals surface area contributed by atoms with Gasteiger partial charge < -0.3 is 14.8 Å². The molecular formula is C20H25N3O5S. The van der Waals surface area contributed by atoms with Gasteiger partial charge >= 0.3 is 0 Å². The number of rotatable bonds is 7. The number of nitrogens with zero attached hydrogens (tertiary/aromatic N) is 2. The van der Waals surface area contributed by atoms with E-state index < -0.39 is 10.0 Å². The van der Waals surface area contributed by atoms with Crippen molar-refractivity contribution in [3.05, 3.63) is 48.3 Å². The maximum Gasteiger partial charge on any atom is 0.228 e. The van der Waals surface area contributed by atoms with E-state index >= 15 is 0 Å². The quantitative estimate of drug-likeness (QED) is 0.739. The Morgan fingerprint density at radius 1 is 1.24 bits per heavy atom. The van der Waals surface area contributed by atoms with Crippen LogP contribution >= 0.6 is 0 Å². The highest BCUT2D eigenvalue weighted by atomic mass is 32.2. The first kappa shape index (κ1) is 21.1. The van der Waals surface area contributed by atoms with E-state index in [1.807, 2.05) is 12.1 Å². The van der Waals surface area contributed by atoms with Crippen molar-refractivity contribution in [1.29, 1.82) is 0 Å². The third-order valence-electron chi connectivity index (χ3n) is 4.80. The lowest BCUT2D eigenvalue weighted by atomic mass is 9.98. The lowest BCUT2D eigenvalue weighted by Crippen LogP contribution is -2.43. The minimum absolute atomic E-state index is 0.201. The molecule has 29 heavy (non-hydrogen) atoms.